The highest BCUT2D eigenvalue weighted by molar-refractivity contribution is 6.04. The molecule has 1 aliphatic heterocycles. The molecule has 0 aliphatic carbocycles. The van der Waals surface area contributed by atoms with Crippen LogP contribution in [0.5, 0.6) is 0 Å². The van der Waals surface area contributed by atoms with Crippen molar-refractivity contribution in [2.24, 2.45) is 5.92 Å². The van der Waals surface area contributed by atoms with Gasteiger partial charge >= 0.3 is 0 Å². The van der Waals surface area contributed by atoms with Crippen molar-refractivity contribution < 1.29 is 9.59 Å². The van der Waals surface area contributed by atoms with Crippen molar-refractivity contribution in [3.8, 4) is 0 Å². The lowest BCUT2D eigenvalue weighted by atomic mass is 9.96. The van der Waals surface area contributed by atoms with Crippen molar-refractivity contribution in [1.82, 2.24) is 15.2 Å². The SMILES string of the molecule is CNCC1CCN(C(=O)c2cccc(NC(=O)c3cccnc3)c2)CC1. The van der Waals surface area contributed by atoms with Gasteiger partial charge in [0.2, 0.25) is 0 Å². The van der Waals surface area contributed by atoms with E-state index in [1.165, 1.54) is 6.20 Å². The van der Waals surface area contributed by atoms with Crippen LogP contribution in [0.1, 0.15) is 33.6 Å². The van der Waals surface area contributed by atoms with Crippen LogP contribution < -0.4 is 10.6 Å². The second-order valence-corrected chi connectivity index (χ2v) is 6.57. The fourth-order valence-corrected chi connectivity index (χ4v) is 3.24. The summed E-state index contributed by atoms with van der Waals surface area (Å²) in [5, 5.41) is 6.03. The molecule has 2 aromatic rings. The third kappa shape index (κ3) is 4.46. The van der Waals surface area contributed by atoms with E-state index < -0.39 is 0 Å². The minimum atomic E-state index is -0.240. The van der Waals surface area contributed by atoms with Crippen LogP contribution in [0.25, 0.3) is 0 Å². The Hall–Kier alpha value is -2.73. The van der Waals surface area contributed by atoms with Crippen molar-refractivity contribution in [3.63, 3.8) is 0 Å². The summed E-state index contributed by atoms with van der Waals surface area (Å²) in [6.45, 7) is 2.55. The smallest absolute Gasteiger partial charge is 0.257 e. The van der Waals surface area contributed by atoms with E-state index in [-0.39, 0.29) is 11.8 Å². The molecule has 0 radical (unpaired) electrons. The monoisotopic (exact) mass is 352 g/mol. The molecule has 2 amide bonds. The quantitative estimate of drug-likeness (QED) is 0.867. The van der Waals surface area contributed by atoms with Gasteiger partial charge in [-0.1, -0.05) is 6.07 Å². The Bertz CT molecular complexity index is 755. The number of amides is 2. The molecule has 26 heavy (non-hydrogen) atoms. The molecule has 0 unspecified atom stereocenters. The normalized spacial score (nSPS) is 14.9. The Morgan fingerprint density at radius 3 is 2.62 bits per heavy atom. The average molecular weight is 352 g/mol. The van der Waals surface area contributed by atoms with E-state index in [9.17, 15) is 9.59 Å². The molecule has 6 nitrogen and oxygen atoms in total. The number of anilines is 1. The molecule has 1 saturated heterocycles. The van der Waals surface area contributed by atoms with Gasteiger partial charge in [-0.2, -0.15) is 0 Å². The van der Waals surface area contributed by atoms with Crippen LogP contribution in [0.4, 0.5) is 5.69 Å². The van der Waals surface area contributed by atoms with Gasteiger partial charge in [-0.05, 0) is 62.7 Å². The summed E-state index contributed by atoms with van der Waals surface area (Å²) in [5.74, 6) is 0.412. The maximum atomic E-state index is 12.8. The zero-order chi connectivity index (χ0) is 18.4. The number of piperidine rings is 1. The van der Waals surface area contributed by atoms with Gasteiger partial charge in [0.25, 0.3) is 11.8 Å². The van der Waals surface area contributed by atoms with Crippen LogP contribution in [0.15, 0.2) is 48.8 Å². The Morgan fingerprint density at radius 2 is 1.92 bits per heavy atom. The molecule has 0 spiro atoms. The van der Waals surface area contributed by atoms with Crippen molar-refractivity contribution in [3.05, 3.63) is 59.9 Å². The van der Waals surface area contributed by atoms with E-state index in [1.807, 2.05) is 11.9 Å². The lowest BCUT2D eigenvalue weighted by Gasteiger charge is -2.32. The fourth-order valence-electron chi connectivity index (χ4n) is 3.24. The van der Waals surface area contributed by atoms with Crippen molar-refractivity contribution in [2.75, 3.05) is 32.0 Å². The largest absolute Gasteiger partial charge is 0.339 e. The van der Waals surface area contributed by atoms with E-state index in [1.54, 1.807) is 42.6 Å². The first-order valence-electron chi connectivity index (χ1n) is 8.92. The highest BCUT2D eigenvalue weighted by Gasteiger charge is 2.23. The molecular weight excluding hydrogens is 328 g/mol. The summed E-state index contributed by atoms with van der Waals surface area (Å²) in [6.07, 6.45) is 5.17. The van der Waals surface area contributed by atoms with E-state index in [0.717, 1.165) is 32.5 Å². The molecule has 0 saturated carbocycles. The van der Waals surface area contributed by atoms with Crippen LogP contribution in [-0.4, -0.2) is 48.4 Å². The molecule has 1 aliphatic rings. The standard InChI is InChI=1S/C20H24N4O2/c1-21-13-15-7-10-24(11-8-15)20(26)16-4-2-6-18(12-16)23-19(25)17-5-3-9-22-14-17/h2-6,9,12,14-15,21H,7-8,10-11,13H2,1H3,(H,23,25). The summed E-state index contributed by atoms with van der Waals surface area (Å²) in [5.41, 5.74) is 1.69. The number of nitrogens with one attached hydrogen (secondary N) is 2. The Balaban J connectivity index is 1.64. The van der Waals surface area contributed by atoms with Gasteiger partial charge in [-0.15, -0.1) is 0 Å². The third-order valence-corrected chi connectivity index (χ3v) is 4.69. The lowest BCUT2D eigenvalue weighted by molar-refractivity contribution is 0.0690. The summed E-state index contributed by atoms with van der Waals surface area (Å²) in [4.78, 5) is 30.8. The molecule has 6 heteroatoms. The number of carbonyl (C=O) groups excluding carboxylic acids is 2. The van der Waals surface area contributed by atoms with Crippen molar-refractivity contribution in [1.29, 1.82) is 0 Å². The molecule has 0 atom stereocenters. The Kier molecular flexibility index (Phi) is 5.96. The van der Waals surface area contributed by atoms with Gasteiger partial charge in [0.1, 0.15) is 0 Å². The molecular formula is C20H24N4O2. The first-order valence-corrected chi connectivity index (χ1v) is 8.92. The molecule has 1 aromatic heterocycles. The second kappa shape index (κ2) is 8.58. The first-order chi connectivity index (χ1) is 12.7. The number of hydrogen-bond donors (Lipinski definition) is 2. The summed E-state index contributed by atoms with van der Waals surface area (Å²) in [7, 11) is 1.96. The van der Waals surface area contributed by atoms with Gasteiger partial charge in [-0.25, -0.2) is 0 Å². The molecule has 3 rings (SSSR count). The highest BCUT2D eigenvalue weighted by atomic mass is 16.2. The summed E-state index contributed by atoms with van der Waals surface area (Å²) >= 11 is 0. The molecule has 136 valence electrons. The zero-order valence-corrected chi connectivity index (χ0v) is 14.9. The molecule has 2 heterocycles. The minimum absolute atomic E-state index is 0.0189. The predicted octanol–water partition coefficient (Wildman–Crippen LogP) is 2.41. The summed E-state index contributed by atoms with van der Waals surface area (Å²) < 4.78 is 0. The third-order valence-electron chi connectivity index (χ3n) is 4.69. The van der Waals surface area contributed by atoms with Gasteiger partial charge < -0.3 is 15.5 Å². The molecule has 1 aromatic carbocycles. The number of likely N-dealkylation sites (tertiary alicyclic amines) is 1. The van der Waals surface area contributed by atoms with Crippen LogP contribution in [-0.2, 0) is 0 Å². The number of pyridine rings is 1. The number of aromatic nitrogens is 1. The fraction of sp³-hybridized carbons (Fsp3) is 0.350. The number of carbonyl (C=O) groups is 2. The van der Waals surface area contributed by atoms with Crippen LogP contribution >= 0.6 is 0 Å². The van der Waals surface area contributed by atoms with Gasteiger partial charge in [0.15, 0.2) is 0 Å². The Labute approximate surface area is 153 Å². The number of hydrogen-bond acceptors (Lipinski definition) is 4. The van der Waals surface area contributed by atoms with Crippen molar-refractivity contribution in [2.45, 2.75) is 12.8 Å². The van der Waals surface area contributed by atoms with E-state index in [2.05, 4.69) is 15.6 Å². The van der Waals surface area contributed by atoms with Crippen LogP contribution in [0, 0.1) is 5.92 Å². The van der Waals surface area contributed by atoms with E-state index >= 15 is 0 Å². The van der Waals surface area contributed by atoms with Gasteiger partial charge in [0.05, 0.1) is 5.56 Å². The Morgan fingerprint density at radius 1 is 1.15 bits per heavy atom. The second-order valence-electron chi connectivity index (χ2n) is 6.57. The summed E-state index contributed by atoms with van der Waals surface area (Å²) in [6, 6.07) is 10.5. The van der Waals surface area contributed by atoms with Crippen LogP contribution in [0.2, 0.25) is 0 Å². The number of benzene rings is 1. The maximum absolute atomic E-state index is 12.8. The number of rotatable bonds is 5. The van der Waals surface area contributed by atoms with Crippen molar-refractivity contribution >= 4 is 17.5 Å². The molecule has 0 bridgehead atoms. The first kappa shape index (κ1) is 18.1. The van der Waals surface area contributed by atoms with E-state index in [4.69, 9.17) is 0 Å². The van der Waals surface area contributed by atoms with E-state index in [0.29, 0.717) is 22.7 Å². The number of nitrogens with zero attached hydrogens (tertiary/aromatic N) is 2. The minimum Gasteiger partial charge on any atom is -0.339 e. The molecule has 1 fully saturated rings. The predicted molar refractivity (Wildman–Crippen MR) is 101 cm³/mol. The molecule has 2 N–H and O–H groups in total. The van der Waals surface area contributed by atoms with Gasteiger partial charge in [0, 0.05) is 36.7 Å². The van der Waals surface area contributed by atoms with Crippen LogP contribution in [0.3, 0.4) is 0 Å². The maximum Gasteiger partial charge on any atom is 0.257 e. The highest BCUT2D eigenvalue weighted by Crippen LogP contribution is 2.20. The van der Waals surface area contributed by atoms with Gasteiger partial charge in [-0.3, -0.25) is 14.6 Å². The average Bonchev–Trinajstić information content (AvgIpc) is 2.69. The topological polar surface area (TPSA) is 74.3 Å². The lowest BCUT2D eigenvalue weighted by Crippen LogP contribution is -2.40. The zero-order valence-electron chi connectivity index (χ0n) is 14.9.